The number of hydrogen-bond acceptors (Lipinski definition) is 6. The molecule has 1 aromatic carbocycles. The lowest BCUT2D eigenvalue weighted by atomic mass is 10.1. The van der Waals surface area contributed by atoms with Crippen LogP contribution >= 0.6 is 0 Å². The fraction of sp³-hybridized carbons (Fsp3) is 0.389. The molecule has 0 saturated carbocycles. The average Bonchev–Trinajstić information content (AvgIpc) is 3.09. The Kier molecular flexibility index (Phi) is 4.25. The number of hydrogen-bond donors (Lipinski definition) is 1. The molecule has 4 rings (SSSR count). The molecule has 1 saturated heterocycles. The molecule has 146 valence electrons. The molecule has 3 aliphatic heterocycles. The van der Waals surface area contributed by atoms with E-state index in [1.807, 2.05) is 33.7 Å². The number of carbonyl (C=O) groups is 3. The number of fused-ring (bicyclic) bond motifs is 2. The van der Waals surface area contributed by atoms with Crippen LogP contribution in [0.15, 0.2) is 29.3 Å². The van der Waals surface area contributed by atoms with Crippen molar-refractivity contribution < 1.29 is 28.8 Å². The molecule has 1 atom stereocenters. The van der Waals surface area contributed by atoms with Crippen molar-refractivity contribution in [1.29, 1.82) is 0 Å². The van der Waals surface area contributed by atoms with E-state index in [9.17, 15) is 14.4 Å². The van der Waals surface area contributed by atoms with Gasteiger partial charge in [-0.15, -0.1) is 0 Å². The van der Waals surface area contributed by atoms with Gasteiger partial charge in [-0.3, -0.25) is 14.5 Å². The van der Waals surface area contributed by atoms with Gasteiger partial charge in [-0.1, -0.05) is 11.1 Å². The second-order valence-corrected chi connectivity index (χ2v) is 6.73. The third-order valence-electron chi connectivity index (χ3n) is 5.07. The highest BCUT2D eigenvalue weighted by Crippen LogP contribution is 2.28. The van der Waals surface area contributed by atoms with Crippen molar-refractivity contribution in [2.45, 2.75) is 12.5 Å². The van der Waals surface area contributed by atoms with Crippen LogP contribution in [0.25, 0.3) is 0 Å². The zero-order valence-electron chi connectivity index (χ0n) is 15.5. The molecule has 10 nitrogen and oxygen atoms in total. The van der Waals surface area contributed by atoms with Crippen LogP contribution in [0.5, 0.6) is 5.75 Å². The van der Waals surface area contributed by atoms with E-state index in [0.717, 1.165) is 17.0 Å². The maximum atomic E-state index is 12.9. The Morgan fingerprint density at radius 3 is 2.89 bits per heavy atom. The van der Waals surface area contributed by atoms with Gasteiger partial charge in [-0.2, -0.15) is 0 Å². The summed E-state index contributed by atoms with van der Waals surface area (Å²) in [4.78, 5) is 45.1. The first-order valence-electron chi connectivity index (χ1n) is 8.87. The Bertz CT molecular complexity index is 940. The van der Waals surface area contributed by atoms with E-state index < -0.39 is 30.5 Å². The number of carbonyl (C=O) groups excluding carboxylic acids is 2. The lowest BCUT2D eigenvalue weighted by molar-refractivity contribution is -0.539. The molecular weight excluding hydrogens is 366 g/mol. The van der Waals surface area contributed by atoms with E-state index in [1.54, 1.807) is 7.11 Å². The van der Waals surface area contributed by atoms with Crippen LogP contribution in [0.4, 0.5) is 10.5 Å². The van der Waals surface area contributed by atoms with Crippen molar-refractivity contribution in [3.63, 3.8) is 0 Å². The minimum atomic E-state index is -1.24. The van der Waals surface area contributed by atoms with Gasteiger partial charge in [-0.25, -0.2) is 19.2 Å². The number of imide groups is 1. The molecule has 28 heavy (non-hydrogen) atoms. The van der Waals surface area contributed by atoms with Gasteiger partial charge in [-0.05, 0) is 12.1 Å². The van der Waals surface area contributed by atoms with E-state index in [-0.39, 0.29) is 0 Å². The normalized spacial score (nSPS) is 21.6. The molecule has 1 aromatic rings. The highest BCUT2D eigenvalue weighted by atomic mass is 16.5. The third-order valence-corrected chi connectivity index (χ3v) is 5.07. The molecule has 3 aliphatic rings. The fourth-order valence-corrected chi connectivity index (χ4v) is 3.75. The van der Waals surface area contributed by atoms with Gasteiger partial charge in [0.05, 0.1) is 20.2 Å². The van der Waals surface area contributed by atoms with E-state index in [2.05, 4.69) is 4.99 Å². The molecule has 3 heterocycles. The number of likely N-dealkylation sites (N-methyl/N-ethyl adjacent to an activating group) is 1. The van der Waals surface area contributed by atoms with Crippen LogP contribution in [-0.4, -0.2) is 89.0 Å². The number of carboxylic acids is 1. The molecule has 0 spiro atoms. The van der Waals surface area contributed by atoms with E-state index >= 15 is 0 Å². The maximum Gasteiger partial charge on any atom is 0.397 e. The highest BCUT2D eigenvalue weighted by molar-refractivity contribution is 6.24. The molecular formula is C18H20N5O5+. The Morgan fingerprint density at radius 1 is 1.39 bits per heavy atom. The number of amidine groups is 1. The van der Waals surface area contributed by atoms with Gasteiger partial charge in [0.1, 0.15) is 18.0 Å². The third kappa shape index (κ3) is 2.68. The predicted octanol–water partition coefficient (Wildman–Crippen LogP) is 0.0331. The van der Waals surface area contributed by atoms with Crippen molar-refractivity contribution in [3.8, 4) is 5.75 Å². The summed E-state index contributed by atoms with van der Waals surface area (Å²) in [6.07, 6.45) is 0.782. The second-order valence-electron chi connectivity index (χ2n) is 6.73. The standard InChI is InChI=1S/C18H19N5O5/c1-20-15-14(16(26)23(18(20)27)10-13(24)25)22-8-4-7-21(17(22)19-15)11-5-3-6-12(9-11)28-2/h3,5-6,9,14H,4,7-8,10H2,1-2H3/p+1. The van der Waals surface area contributed by atoms with Gasteiger partial charge >= 0.3 is 18.0 Å². The number of aliphatic imine (C=N–C) groups is 1. The monoisotopic (exact) mass is 386 g/mol. The van der Waals surface area contributed by atoms with Gasteiger partial charge in [0, 0.05) is 19.5 Å². The van der Waals surface area contributed by atoms with E-state index in [4.69, 9.17) is 9.84 Å². The van der Waals surface area contributed by atoms with Gasteiger partial charge < -0.3 is 9.84 Å². The lowest BCUT2D eigenvalue weighted by Crippen LogP contribution is -2.64. The van der Waals surface area contributed by atoms with Crippen LogP contribution in [-0.2, 0) is 9.59 Å². The predicted molar refractivity (Wildman–Crippen MR) is 98.8 cm³/mol. The minimum Gasteiger partial charge on any atom is -0.497 e. The first-order valence-corrected chi connectivity index (χ1v) is 8.87. The van der Waals surface area contributed by atoms with Crippen LogP contribution in [0.2, 0.25) is 0 Å². The number of methoxy groups -OCH3 is 1. The number of amides is 3. The zero-order chi connectivity index (χ0) is 20.0. The van der Waals surface area contributed by atoms with Crippen LogP contribution in [0.3, 0.4) is 0 Å². The fourth-order valence-electron chi connectivity index (χ4n) is 3.75. The van der Waals surface area contributed by atoms with Crippen LogP contribution in [0.1, 0.15) is 6.42 Å². The smallest absolute Gasteiger partial charge is 0.397 e. The van der Waals surface area contributed by atoms with Crippen LogP contribution in [0, 0.1) is 0 Å². The van der Waals surface area contributed by atoms with Crippen molar-refractivity contribution in [2.75, 3.05) is 38.7 Å². The maximum absolute atomic E-state index is 12.9. The van der Waals surface area contributed by atoms with Gasteiger partial charge in [0.2, 0.25) is 11.9 Å². The van der Waals surface area contributed by atoms with E-state index in [1.165, 1.54) is 11.9 Å². The van der Waals surface area contributed by atoms with Crippen molar-refractivity contribution in [3.05, 3.63) is 24.3 Å². The number of aliphatic carboxylic acids is 1. The quantitative estimate of drug-likeness (QED) is 0.732. The number of guanidine groups is 1. The summed E-state index contributed by atoms with van der Waals surface area (Å²) in [6, 6.07) is 6.04. The number of carboxylic acid groups (broad SMARTS) is 1. The second kappa shape index (κ2) is 6.63. The molecule has 10 heteroatoms. The van der Waals surface area contributed by atoms with Gasteiger partial charge in [0.25, 0.3) is 5.91 Å². The number of nitrogens with zero attached hydrogens (tertiary/aromatic N) is 5. The number of ether oxygens (including phenoxy) is 1. The lowest BCUT2D eigenvalue weighted by Gasteiger charge is -2.33. The Hall–Kier alpha value is -3.43. The first kappa shape index (κ1) is 18.0. The largest absolute Gasteiger partial charge is 0.497 e. The van der Waals surface area contributed by atoms with Gasteiger partial charge in [0.15, 0.2) is 0 Å². The topological polar surface area (TPSA) is 106 Å². The Labute approximate surface area is 160 Å². The average molecular weight is 386 g/mol. The summed E-state index contributed by atoms with van der Waals surface area (Å²) < 4.78 is 7.13. The molecule has 1 unspecified atom stereocenters. The van der Waals surface area contributed by atoms with Crippen molar-refractivity contribution in [1.82, 2.24) is 9.80 Å². The molecule has 0 radical (unpaired) electrons. The molecule has 3 amide bonds. The van der Waals surface area contributed by atoms with Crippen molar-refractivity contribution >= 4 is 35.4 Å². The summed E-state index contributed by atoms with van der Waals surface area (Å²) >= 11 is 0. The SMILES string of the molecule is COc1cccc(N2CCC[N+]3=C2N=C2C3C(=O)N(CC(=O)O)C(=O)N2C)c1. The minimum absolute atomic E-state index is 0.321. The molecule has 0 aromatic heterocycles. The molecule has 0 bridgehead atoms. The number of rotatable bonds is 4. The Balaban J connectivity index is 1.75. The molecule has 0 aliphatic carbocycles. The number of urea groups is 1. The highest BCUT2D eigenvalue weighted by Gasteiger charge is 2.54. The van der Waals surface area contributed by atoms with Crippen molar-refractivity contribution in [2.24, 2.45) is 4.99 Å². The number of anilines is 1. The number of benzene rings is 1. The Morgan fingerprint density at radius 2 is 2.18 bits per heavy atom. The summed E-state index contributed by atoms with van der Waals surface area (Å²) in [7, 11) is 3.10. The van der Waals surface area contributed by atoms with E-state index in [0.29, 0.717) is 30.6 Å². The molecule has 1 fully saturated rings. The summed E-state index contributed by atoms with van der Waals surface area (Å²) in [5, 5.41) is 9.07. The molecule has 1 N–H and O–H groups in total. The summed E-state index contributed by atoms with van der Waals surface area (Å²) in [5.41, 5.74) is 0.867. The zero-order valence-corrected chi connectivity index (χ0v) is 15.5. The van der Waals surface area contributed by atoms with Crippen LogP contribution < -0.4 is 9.64 Å². The first-order chi connectivity index (χ1) is 13.4. The summed E-state index contributed by atoms with van der Waals surface area (Å²) in [5.74, 6) is -0.207. The summed E-state index contributed by atoms with van der Waals surface area (Å²) in [6.45, 7) is 0.615.